The van der Waals surface area contributed by atoms with Gasteiger partial charge in [0.2, 0.25) is 0 Å². The van der Waals surface area contributed by atoms with Crippen LogP contribution in [0.5, 0.6) is 5.75 Å². The third kappa shape index (κ3) is 3.90. The van der Waals surface area contributed by atoms with E-state index in [1.165, 1.54) is 7.11 Å². The summed E-state index contributed by atoms with van der Waals surface area (Å²) >= 11 is 12.2. The van der Waals surface area contributed by atoms with Gasteiger partial charge in [0.25, 0.3) is 5.91 Å². The van der Waals surface area contributed by atoms with E-state index in [0.717, 1.165) is 5.56 Å². The van der Waals surface area contributed by atoms with Crippen LogP contribution >= 0.6 is 23.2 Å². The van der Waals surface area contributed by atoms with Gasteiger partial charge in [0.1, 0.15) is 11.4 Å². The first-order valence-electron chi connectivity index (χ1n) is 7.30. The minimum atomic E-state index is -0.347. The van der Waals surface area contributed by atoms with Crippen LogP contribution in [0.4, 0.5) is 5.69 Å². The van der Waals surface area contributed by atoms with Crippen LogP contribution < -0.4 is 10.1 Å². The van der Waals surface area contributed by atoms with Crippen molar-refractivity contribution in [3.63, 3.8) is 0 Å². The molecule has 2 heterocycles. The number of ether oxygens (including phenoxy) is 1. The minimum Gasteiger partial charge on any atom is -0.495 e. The number of pyridine rings is 2. The highest BCUT2D eigenvalue weighted by Crippen LogP contribution is 2.28. The van der Waals surface area contributed by atoms with Gasteiger partial charge < -0.3 is 10.1 Å². The molecule has 0 atom stereocenters. The first-order valence-corrected chi connectivity index (χ1v) is 8.06. The van der Waals surface area contributed by atoms with Crippen LogP contribution in [-0.2, 0) is 0 Å². The predicted octanol–water partition coefficient (Wildman–Crippen LogP) is 4.71. The zero-order valence-corrected chi connectivity index (χ0v) is 14.7. The predicted molar refractivity (Wildman–Crippen MR) is 98.4 cm³/mol. The lowest BCUT2D eigenvalue weighted by Gasteiger charge is -2.08. The molecule has 1 aromatic carbocycles. The Morgan fingerprint density at radius 3 is 2.56 bits per heavy atom. The van der Waals surface area contributed by atoms with Gasteiger partial charge in [-0.2, -0.15) is 0 Å². The number of amides is 1. The number of hydrogen-bond acceptors (Lipinski definition) is 4. The van der Waals surface area contributed by atoms with E-state index in [2.05, 4.69) is 15.3 Å². The number of carbonyl (C=O) groups excluding carboxylic acids is 1. The smallest absolute Gasteiger partial charge is 0.274 e. The van der Waals surface area contributed by atoms with Crippen molar-refractivity contribution in [3.8, 4) is 17.0 Å². The van der Waals surface area contributed by atoms with E-state index in [4.69, 9.17) is 27.9 Å². The van der Waals surface area contributed by atoms with E-state index < -0.39 is 0 Å². The maximum Gasteiger partial charge on any atom is 0.274 e. The number of nitrogens with zero attached hydrogens (tertiary/aromatic N) is 2. The Labute approximate surface area is 154 Å². The first-order chi connectivity index (χ1) is 12.1. The molecule has 0 spiro atoms. The van der Waals surface area contributed by atoms with Crippen LogP contribution in [0.3, 0.4) is 0 Å². The lowest BCUT2D eigenvalue weighted by molar-refractivity contribution is 0.102. The number of rotatable bonds is 4. The quantitative estimate of drug-likeness (QED) is 0.718. The third-order valence-electron chi connectivity index (χ3n) is 3.44. The van der Waals surface area contributed by atoms with Crippen molar-refractivity contribution in [1.82, 2.24) is 9.97 Å². The van der Waals surface area contributed by atoms with Crippen LogP contribution in [0, 0.1) is 0 Å². The molecule has 1 N–H and O–H groups in total. The van der Waals surface area contributed by atoms with Gasteiger partial charge in [0.15, 0.2) is 0 Å². The van der Waals surface area contributed by atoms with Gasteiger partial charge in [-0.05, 0) is 42.5 Å². The van der Waals surface area contributed by atoms with E-state index >= 15 is 0 Å². The summed E-state index contributed by atoms with van der Waals surface area (Å²) in [6.07, 6.45) is 3.21. The molecule has 5 nitrogen and oxygen atoms in total. The number of methoxy groups -OCH3 is 1. The number of aromatic nitrogens is 2. The zero-order valence-electron chi connectivity index (χ0n) is 13.2. The molecule has 3 rings (SSSR count). The molecule has 0 saturated heterocycles. The Kier molecular flexibility index (Phi) is 5.16. The lowest BCUT2D eigenvalue weighted by atomic mass is 10.1. The molecule has 126 valence electrons. The largest absolute Gasteiger partial charge is 0.495 e. The fourth-order valence-corrected chi connectivity index (χ4v) is 2.69. The summed E-state index contributed by atoms with van der Waals surface area (Å²) in [6.45, 7) is 0. The summed E-state index contributed by atoms with van der Waals surface area (Å²) in [7, 11) is 1.53. The molecule has 0 aliphatic rings. The summed E-state index contributed by atoms with van der Waals surface area (Å²) < 4.78 is 5.08. The second kappa shape index (κ2) is 7.51. The maximum atomic E-state index is 12.3. The van der Waals surface area contributed by atoms with Crippen molar-refractivity contribution in [1.29, 1.82) is 0 Å². The molecular weight excluding hydrogens is 361 g/mol. The van der Waals surface area contributed by atoms with Crippen LogP contribution in [-0.4, -0.2) is 23.0 Å². The fraction of sp³-hybridized carbons (Fsp3) is 0.0556. The van der Waals surface area contributed by atoms with Gasteiger partial charge in [-0.3, -0.25) is 14.8 Å². The van der Waals surface area contributed by atoms with Crippen LogP contribution in [0.1, 0.15) is 10.5 Å². The van der Waals surface area contributed by atoms with Crippen molar-refractivity contribution < 1.29 is 9.53 Å². The molecule has 2 aromatic heterocycles. The number of benzene rings is 1. The molecule has 0 fully saturated rings. The monoisotopic (exact) mass is 373 g/mol. The van der Waals surface area contributed by atoms with Crippen LogP contribution in [0.2, 0.25) is 10.0 Å². The lowest BCUT2D eigenvalue weighted by Crippen LogP contribution is -2.13. The van der Waals surface area contributed by atoms with Gasteiger partial charge >= 0.3 is 0 Å². The molecule has 0 radical (unpaired) electrons. The standard InChI is InChI=1S/C18H13Cl2N3O2/c1-25-16-7-5-12(9-14(16)20)23-18(24)15-6-4-11(10-22-15)17-13(19)3-2-8-21-17/h2-10H,1H3,(H,23,24). The zero-order chi connectivity index (χ0) is 17.8. The highest BCUT2D eigenvalue weighted by Gasteiger charge is 2.11. The van der Waals surface area contributed by atoms with Crippen LogP contribution in [0.15, 0.2) is 54.9 Å². The Balaban J connectivity index is 1.77. The van der Waals surface area contributed by atoms with Crippen molar-refractivity contribution in [2.45, 2.75) is 0 Å². The van der Waals surface area contributed by atoms with Crippen molar-refractivity contribution in [3.05, 3.63) is 70.6 Å². The molecule has 1 amide bonds. The van der Waals surface area contributed by atoms with E-state index in [-0.39, 0.29) is 11.6 Å². The molecule has 0 bridgehead atoms. The highest BCUT2D eigenvalue weighted by molar-refractivity contribution is 6.33. The molecule has 0 saturated carbocycles. The Bertz CT molecular complexity index is 914. The number of halogens is 2. The molecule has 0 aliphatic heterocycles. The summed E-state index contributed by atoms with van der Waals surface area (Å²) in [6, 6.07) is 11.8. The summed E-state index contributed by atoms with van der Waals surface area (Å²) in [5.41, 5.74) is 2.16. The minimum absolute atomic E-state index is 0.266. The van der Waals surface area contributed by atoms with Crippen molar-refractivity contribution in [2.24, 2.45) is 0 Å². The fourth-order valence-electron chi connectivity index (χ4n) is 2.21. The summed E-state index contributed by atoms with van der Waals surface area (Å²) in [5.74, 6) is 0.189. The number of hydrogen-bond donors (Lipinski definition) is 1. The SMILES string of the molecule is COc1ccc(NC(=O)c2ccc(-c3ncccc3Cl)cn2)cc1Cl. The topological polar surface area (TPSA) is 64.1 Å². The Hall–Kier alpha value is -2.63. The molecule has 0 aliphatic carbocycles. The van der Waals surface area contributed by atoms with Gasteiger partial charge in [-0.1, -0.05) is 23.2 Å². The third-order valence-corrected chi connectivity index (χ3v) is 4.04. The average molecular weight is 374 g/mol. The molecular formula is C18H13Cl2N3O2. The molecule has 7 heteroatoms. The molecule has 25 heavy (non-hydrogen) atoms. The average Bonchev–Trinajstić information content (AvgIpc) is 2.62. The van der Waals surface area contributed by atoms with Gasteiger partial charge in [0, 0.05) is 23.6 Å². The molecule has 0 unspecified atom stereocenters. The summed E-state index contributed by atoms with van der Waals surface area (Å²) in [5, 5.41) is 3.67. The van der Waals surface area contributed by atoms with Crippen molar-refractivity contribution in [2.75, 3.05) is 12.4 Å². The number of anilines is 1. The Morgan fingerprint density at radius 2 is 1.92 bits per heavy atom. The molecule has 3 aromatic rings. The van der Waals surface area contributed by atoms with Gasteiger partial charge in [-0.15, -0.1) is 0 Å². The van der Waals surface area contributed by atoms with Gasteiger partial charge in [0.05, 0.1) is 22.8 Å². The van der Waals surface area contributed by atoms with E-state index in [1.54, 1.807) is 54.9 Å². The second-order valence-electron chi connectivity index (χ2n) is 5.07. The number of carbonyl (C=O) groups is 1. The van der Waals surface area contributed by atoms with E-state index in [9.17, 15) is 4.79 Å². The number of nitrogens with one attached hydrogen (secondary N) is 1. The van der Waals surface area contributed by atoms with Gasteiger partial charge in [-0.25, -0.2) is 0 Å². The Morgan fingerprint density at radius 1 is 1.08 bits per heavy atom. The highest BCUT2D eigenvalue weighted by atomic mass is 35.5. The van der Waals surface area contributed by atoms with Crippen molar-refractivity contribution >= 4 is 34.8 Å². The summed E-state index contributed by atoms with van der Waals surface area (Å²) in [4.78, 5) is 20.7. The first kappa shape index (κ1) is 17.2. The van der Waals surface area contributed by atoms with Crippen LogP contribution in [0.25, 0.3) is 11.3 Å². The van der Waals surface area contributed by atoms with E-state index in [0.29, 0.717) is 27.2 Å². The second-order valence-corrected chi connectivity index (χ2v) is 5.88. The normalized spacial score (nSPS) is 10.4. The maximum absolute atomic E-state index is 12.3. The van der Waals surface area contributed by atoms with E-state index in [1.807, 2.05) is 0 Å².